The number of aliphatic hydroxyl groups excluding tert-OH is 1. The van der Waals surface area contributed by atoms with Crippen LogP contribution in [0.3, 0.4) is 0 Å². The molecule has 2 rings (SSSR count). The minimum absolute atomic E-state index is 0.182. The first kappa shape index (κ1) is 18.5. The third kappa shape index (κ3) is 3.97. The molecule has 1 aliphatic heterocycles. The molecule has 1 fully saturated rings. The summed E-state index contributed by atoms with van der Waals surface area (Å²) in [6.45, 7) is -0.785. The van der Waals surface area contributed by atoms with Crippen molar-refractivity contribution >= 4 is 17.8 Å². The average molecular weight is 361 g/mol. The Kier molecular flexibility index (Phi) is 5.13. The summed E-state index contributed by atoms with van der Waals surface area (Å²) < 4.78 is 38.3. The van der Waals surface area contributed by atoms with E-state index in [4.69, 9.17) is 15.6 Å². The SMILES string of the molecule is Nc1ccn([C@@H]2O[C@H](COC(=O)/C=C\C(=O)O)C(O)C2(F)F)c(=O)n1. The van der Waals surface area contributed by atoms with Gasteiger partial charge >= 0.3 is 23.6 Å². The summed E-state index contributed by atoms with van der Waals surface area (Å²) in [6.07, 6.45) is -4.22. The Morgan fingerprint density at radius 2 is 2.16 bits per heavy atom. The number of nitrogen functional groups attached to an aromatic ring is 1. The number of nitrogens with zero attached hydrogens (tertiary/aromatic N) is 2. The molecule has 1 aliphatic rings. The van der Waals surface area contributed by atoms with Gasteiger partial charge in [0.15, 0.2) is 6.10 Å². The summed E-state index contributed by atoms with van der Waals surface area (Å²) in [5.41, 5.74) is 4.16. The number of carboxylic acids is 1. The largest absolute Gasteiger partial charge is 0.478 e. The number of hydrogen-bond donors (Lipinski definition) is 3. The molecule has 1 unspecified atom stereocenters. The van der Waals surface area contributed by atoms with E-state index in [1.54, 1.807) is 0 Å². The Morgan fingerprint density at radius 3 is 2.76 bits per heavy atom. The highest BCUT2D eigenvalue weighted by Gasteiger charge is 2.60. The second-order valence-electron chi connectivity index (χ2n) is 4.99. The number of rotatable bonds is 5. The molecule has 4 N–H and O–H groups in total. The molecular formula is C13H13F2N3O7. The molecule has 0 spiro atoms. The lowest BCUT2D eigenvalue weighted by molar-refractivity contribution is -0.146. The summed E-state index contributed by atoms with van der Waals surface area (Å²) in [5.74, 6) is -6.60. The van der Waals surface area contributed by atoms with Gasteiger partial charge in [0, 0.05) is 18.3 Å². The summed E-state index contributed by atoms with van der Waals surface area (Å²) in [7, 11) is 0. The van der Waals surface area contributed by atoms with E-state index in [1.807, 2.05) is 0 Å². The van der Waals surface area contributed by atoms with Gasteiger partial charge in [-0.25, -0.2) is 14.4 Å². The number of carbonyl (C=O) groups excluding carboxylic acids is 1. The van der Waals surface area contributed by atoms with Crippen LogP contribution in [0.25, 0.3) is 0 Å². The van der Waals surface area contributed by atoms with Crippen molar-refractivity contribution in [2.45, 2.75) is 24.4 Å². The molecule has 0 saturated carbocycles. The third-order valence-electron chi connectivity index (χ3n) is 3.24. The molecule has 2 heterocycles. The molecule has 1 aromatic rings. The molecular weight excluding hydrogens is 348 g/mol. The van der Waals surface area contributed by atoms with E-state index >= 15 is 0 Å². The van der Waals surface area contributed by atoms with Gasteiger partial charge in [-0.1, -0.05) is 0 Å². The maximum Gasteiger partial charge on any atom is 0.351 e. The lowest BCUT2D eigenvalue weighted by atomic mass is 10.1. The highest BCUT2D eigenvalue weighted by Crippen LogP contribution is 2.42. The van der Waals surface area contributed by atoms with E-state index in [2.05, 4.69) is 9.72 Å². The predicted molar refractivity (Wildman–Crippen MR) is 75.5 cm³/mol. The topological polar surface area (TPSA) is 154 Å². The van der Waals surface area contributed by atoms with Gasteiger partial charge in [-0.05, 0) is 6.07 Å². The number of anilines is 1. The zero-order valence-corrected chi connectivity index (χ0v) is 12.4. The van der Waals surface area contributed by atoms with E-state index in [9.17, 15) is 28.3 Å². The van der Waals surface area contributed by atoms with E-state index in [-0.39, 0.29) is 5.82 Å². The molecule has 12 heteroatoms. The van der Waals surface area contributed by atoms with Crippen LogP contribution in [-0.2, 0) is 19.1 Å². The number of halogens is 2. The highest BCUT2D eigenvalue weighted by molar-refractivity contribution is 5.90. The van der Waals surface area contributed by atoms with Crippen molar-refractivity contribution in [3.8, 4) is 0 Å². The molecule has 0 bridgehead atoms. The van der Waals surface area contributed by atoms with Gasteiger partial charge in [-0.2, -0.15) is 13.8 Å². The zero-order chi connectivity index (χ0) is 18.8. The Bertz CT molecular complexity index is 764. The van der Waals surface area contributed by atoms with Crippen LogP contribution in [0.5, 0.6) is 0 Å². The van der Waals surface area contributed by atoms with E-state index in [0.29, 0.717) is 16.7 Å². The second kappa shape index (κ2) is 6.94. The number of ether oxygens (including phenoxy) is 2. The van der Waals surface area contributed by atoms with E-state index < -0.39 is 48.6 Å². The monoisotopic (exact) mass is 361 g/mol. The summed E-state index contributed by atoms with van der Waals surface area (Å²) in [5, 5.41) is 18.0. The van der Waals surface area contributed by atoms with Gasteiger partial charge in [0.2, 0.25) is 6.23 Å². The summed E-state index contributed by atoms with van der Waals surface area (Å²) in [4.78, 5) is 36.4. The quantitative estimate of drug-likeness (QED) is 0.438. The lowest BCUT2D eigenvalue weighted by Crippen LogP contribution is -2.42. The number of hydrogen-bond acceptors (Lipinski definition) is 8. The van der Waals surface area contributed by atoms with E-state index in [1.165, 1.54) is 0 Å². The normalized spacial score (nSPS) is 25.2. The van der Waals surface area contributed by atoms with E-state index in [0.717, 1.165) is 12.3 Å². The minimum Gasteiger partial charge on any atom is -0.478 e. The van der Waals surface area contributed by atoms with Crippen molar-refractivity contribution < 1.29 is 38.1 Å². The molecule has 0 aliphatic carbocycles. The van der Waals surface area contributed by atoms with Crippen LogP contribution in [0.4, 0.5) is 14.6 Å². The van der Waals surface area contributed by atoms with Gasteiger partial charge in [-0.15, -0.1) is 0 Å². The highest BCUT2D eigenvalue weighted by atomic mass is 19.3. The summed E-state index contributed by atoms with van der Waals surface area (Å²) >= 11 is 0. The molecule has 25 heavy (non-hydrogen) atoms. The van der Waals surface area contributed by atoms with Gasteiger partial charge in [0.25, 0.3) is 0 Å². The number of aliphatic hydroxyl groups is 1. The first-order valence-corrected chi connectivity index (χ1v) is 6.76. The number of carbonyl (C=O) groups is 2. The molecule has 0 aromatic carbocycles. The zero-order valence-electron chi connectivity index (χ0n) is 12.4. The Hall–Kier alpha value is -2.86. The Labute approximate surface area is 138 Å². The molecule has 10 nitrogen and oxygen atoms in total. The van der Waals surface area contributed by atoms with Crippen molar-refractivity contribution in [3.05, 3.63) is 34.9 Å². The fourth-order valence-electron chi connectivity index (χ4n) is 2.06. The average Bonchev–Trinajstić information content (AvgIpc) is 2.74. The molecule has 0 radical (unpaired) electrons. The molecule has 0 amide bonds. The van der Waals surface area contributed by atoms with Crippen LogP contribution in [0, 0.1) is 0 Å². The van der Waals surface area contributed by atoms with Gasteiger partial charge in [0.05, 0.1) is 0 Å². The Balaban J connectivity index is 2.12. The molecule has 1 saturated heterocycles. The van der Waals surface area contributed by atoms with Crippen LogP contribution in [0.1, 0.15) is 6.23 Å². The van der Waals surface area contributed by atoms with Gasteiger partial charge in [-0.3, -0.25) is 4.57 Å². The number of nitrogens with two attached hydrogens (primary N) is 1. The standard InChI is InChI=1S/C13H13F2N3O7/c14-13(15)10(22)6(5-24-9(21)2-1-8(19)20)25-11(13)18-4-3-7(16)17-12(18)23/h1-4,6,10-11,22H,5H2,(H,19,20)(H2,16,17,23)/b2-1-/t6-,10?,11-/m1/s1. The predicted octanol–water partition coefficient (Wildman–Crippen LogP) is -1.10. The molecule has 136 valence electrons. The first-order chi connectivity index (χ1) is 11.6. The molecule has 3 atom stereocenters. The summed E-state index contributed by atoms with van der Waals surface area (Å²) in [6, 6.07) is 1.09. The van der Waals surface area contributed by atoms with Crippen molar-refractivity contribution in [1.29, 1.82) is 0 Å². The van der Waals surface area contributed by atoms with Crippen molar-refractivity contribution in [1.82, 2.24) is 9.55 Å². The van der Waals surface area contributed by atoms with Crippen LogP contribution in [-0.4, -0.2) is 56.4 Å². The van der Waals surface area contributed by atoms with Crippen LogP contribution in [0.2, 0.25) is 0 Å². The minimum atomic E-state index is -3.88. The van der Waals surface area contributed by atoms with Gasteiger partial charge in [0.1, 0.15) is 18.5 Å². The maximum atomic E-state index is 14.2. The maximum absolute atomic E-state index is 14.2. The smallest absolute Gasteiger partial charge is 0.351 e. The fraction of sp³-hybridized carbons (Fsp3) is 0.385. The number of aliphatic carboxylic acids is 1. The third-order valence-corrected chi connectivity index (χ3v) is 3.24. The first-order valence-electron chi connectivity index (χ1n) is 6.76. The lowest BCUT2D eigenvalue weighted by Gasteiger charge is -2.20. The fourth-order valence-corrected chi connectivity index (χ4v) is 2.06. The van der Waals surface area contributed by atoms with Crippen molar-refractivity contribution in [3.63, 3.8) is 0 Å². The van der Waals surface area contributed by atoms with Crippen LogP contribution < -0.4 is 11.4 Å². The Morgan fingerprint density at radius 1 is 1.48 bits per heavy atom. The van der Waals surface area contributed by atoms with Crippen LogP contribution >= 0.6 is 0 Å². The second-order valence-corrected chi connectivity index (χ2v) is 4.99. The number of esters is 1. The number of aromatic nitrogens is 2. The van der Waals surface area contributed by atoms with Gasteiger partial charge < -0.3 is 25.4 Å². The number of carboxylic acid groups (broad SMARTS) is 1. The van der Waals surface area contributed by atoms with Crippen molar-refractivity contribution in [2.75, 3.05) is 12.3 Å². The van der Waals surface area contributed by atoms with Crippen molar-refractivity contribution in [2.24, 2.45) is 0 Å². The number of alkyl halides is 2. The molecule has 1 aromatic heterocycles. The van der Waals surface area contributed by atoms with Crippen LogP contribution in [0.15, 0.2) is 29.2 Å².